The van der Waals surface area contributed by atoms with Crippen molar-refractivity contribution < 1.29 is 4.74 Å². The lowest BCUT2D eigenvalue weighted by atomic mass is 9.68. The Kier molecular flexibility index (Phi) is 3.33. The van der Waals surface area contributed by atoms with Gasteiger partial charge >= 0.3 is 0 Å². The highest BCUT2D eigenvalue weighted by Gasteiger charge is 2.45. The molecule has 0 radical (unpaired) electrons. The summed E-state index contributed by atoms with van der Waals surface area (Å²) in [7, 11) is 0. The van der Waals surface area contributed by atoms with Crippen molar-refractivity contribution in [2.75, 3.05) is 19.8 Å². The monoisotopic (exact) mass is 239 g/mol. The molecule has 3 aliphatic heterocycles. The van der Waals surface area contributed by atoms with Gasteiger partial charge in [-0.15, -0.1) is 0 Å². The summed E-state index contributed by atoms with van der Waals surface area (Å²) in [6, 6.07) is 0.623. The van der Waals surface area contributed by atoms with Crippen LogP contribution in [0.15, 0.2) is 0 Å². The maximum Gasteiger partial charge on any atom is 0.0622 e. The van der Waals surface area contributed by atoms with E-state index in [-0.39, 0.29) is 5.54 Å². The van der Waals surface area contributed by atoms with Crippen LogP contribution in [0.5, 0.6) is 0 Å². The van der Waals surface area contributed by atoms with Gasteiger partial charge in [0.2, 0.25) is 0 Å². The Morgan fingerprint density at radius 1 is 1.00 bits per heavy atom. The van der Waals surface area contributed by atoms with Gasteiger partial charge in [0.05, 0.1) is 13.2 Å². The molecule has 0 spiro atoms. The van der Waals surface area contributed by atoms with E-state index in [1.807, 2.05) is 0 Å². The first-order valence-corrected chi connectivity index (χ1v) is 7.04. The molecule has 2 heteroatoms. The van der Waals surface area contributed by atoms with Crippen molar-refractivity contribution in [3.8, 4) is 0 Å². The molecule has 3 heterocycles. The molecule has 17 heavy (non-hydrogen) atoms. The maximum absolute atomic E-state index is 5.89. The lowest BCUT2D eigenvalue weighted by molar-refractivity contribution is -0.0163. The van der Waals surface area contributed by atoms with Gasteiger partial charge in [0.15, 0.2) is 0 Å². The Hall–Kier alpha value is -0.0800. The van der Waals surface area contributed by atoms with Gasteiger partial charge in [0.1, 0.15) is 0 Å². The first kappa shape index (κ1) is 13.4. The zero-order valence-electron chi connectivity index (χ0n) is 12.4. The number of ether oxygens (including phenoxy) is 1. The van der Waals surface area contributed by atoms with Gasteiger partial charge in [0.25, 0.3) is 0 Å². The Morgan fingerprint density at radius 3 is 2.18 bits per heavy atom. The van der Waals surface area contributed by atoms with Crippen LogP contribution in [0.25, 0.3) is 0 Å². The lowest BCUT2D eigenvalue weighted by Crippen LogP contribution is -2.56. The largest absolute Gasteiger partial charge is 0.379 e. The molecule has 0 N–H and O–H groups in total. The zero-order chi connectivity index (χ0) is 12.8. The van der Waals surface area contributed by atoms with Crippen LogP contribution in [0, 0.1) is 17.3 Å². The third kappa shape index (κ3) is 2.68. The fraction of sp³-hybridized carbons (Fsp3) is 1.00. The van der Waals surface area contributed by atoms with E-state index in [2.05, 4.69) is 46.4 Å². The molecule has 3 atom stereocenters. The molecule has 3 saturated heterocycles. The van der Waals surface area contributed by atoms with Crippen LogP contribution >= 0.6 is 0 Å². The number of hydrogen-bond acceptors (Lipinski definition) is 2. The summed E-state index contributed by atoms with van der Waals surface area (Å²) in [4.78, 5) is 2.67. The average molecular weight is 239 g/mol. The van der Waals surface area contributed by atoms with Crippen molar-refractivity contribution in [1.82, 2.24) is 4.90 Å². The minimum atomic E-state index is 0.277. The molecular formula is C15H29NO. The summed E-state index contributed by atoms with van der Waals surface area (Å²) in [6.07, 6.45) is 1.31. The molecule has 2 nitrogen and oxygen atoms in total. The zero-order valence-corrected chi connectivity index (χ0v) is 12.4. The highest BCUT2D eigenvalue weighted by molar-refractivity contribution is 4.97. The van der Waals surface area contributed by atoms with Gasteiger partial charge in [-0.3, -0.25) is 4.90 Å². The molecule has 3 aliphatic rings. The minimum Gasteiger partial charge on any atom is -0.379 e. The summed E-state index contributed by atoms with van der Waals surface area (Å²) >= 11 is 0. The Bertz CT molecular complexity index is 246. The predicted octanol–water partition coefficient (Wildman–Crippen LogP) is 3.17. The second-order valence-corrected chi connectivity index (χ2v) is 7.98. The van der Waals surface area contributed by atoms with Gasteiger partial charge in [-0.1, -0.05) is 20.8 Å². The van der Waals surface area contributed by atoms with Crippen LogP contribution < -0.4 is 0 Å². The van der Waals surface area contributed by atoms with Crippen LogP contribution in [-0.4, -0.2) is 36.2 Å². The van der Waals surface area contributed by atoms with E-state index in [1.54, 1.807) is 0 Å². The molecule has 2 bridgehead atoms. The van der Waals surface area contributed by atoms with Crippen LogP contribution in [0.2, 0.25) is 0 Å². The maximum atomic E-state index is 5.89. The van der Waals surface area contributed by atoms with E-state index in [0.717, 1.165) is 19.1 Å². The second-order valence-electron chi connectivity index (χ2n) is 7.98. The van der Waals surface area contributed by atoms with E-state index in [4.69, 9.17) is 4.74 Å². The Balaban J connectivity index is 2.20. The molecule has 0 amide bonds. The van der Waals surface area contributed by atoms with Gasteiger partial charge in [-0.05, 0) is 44.4 Å². The van der Waals surface area contributed by atoms with E-state index in [1.165, 1.54) is 13.0 Å². The fourth-order valence-corrected chi connectivity index (χ4v) is 3.71. The number of rotatable bonds is 0. The molecule has 0 aliphatic carbocycles. The third-order valence-electron chi connectivity index (χ3n) is 4.58. The number of hydrogen-bond donors (Lipinski definition) is 0. The highest BCUT2D eigenvalue weighted by Crippen LogP contribution is 2.44. The van der Waals surface area contributed by atoms with Gasteiger partial charge < -0.3 is 4.74 Å². The fourth-order valence-electron chi connectivity index (χ4n) is 3.71. The molecule has 0 aromatic carbocycles. The average Bonchev–Trinajstić information content (AvgIpc) is 2.46. The molecule has 0 saturated carbocycles. The summed E-state index contributed by atoms with van der Waals surface area (Å²) in [5.74, 6) is 1.53. The predicted molar refractivity (Wildman–Crippen MR) is 72.1 cm³/mol. The highest BCUT2D eigenvalue weighted by atomic mass is 16.5. The van der Waals surface area contributed by atoms with Gasteiger partial charge in [0, 0.05) is 18.1 Å². The molecule has 100 valence electrons. The third-order valence-corrected chi connectivity index (χ3v) is 4.58. The van der Waals surface area contributed by atoms with Gasteiger partial charge in [-0.25, -0.2) is 0 Å². The molecule has 3 unspecified atom stereocenters. The number of nitrogens with zero attached hydrogens (tertiary/aromatic N) is 1. The molecule has 0 aromatic heterocycles. The molecule has 3 fully saturated rings. The lowest BCUT2D eigenvalue weighted by Gasteiger charge is -2.50. The Morgan fingerprint density at radius 2 is 1.65 bits per heavy atom. The molecular weight excluding hydrogens is 210 g/mol. The van der Waals surface area contributed by atoms with Crippen LogP contribution in [-0.2, 0) is 4.74 Å². The summed E-state index contributed by atoms with van der Waals surface area (Å²) in [5, 5.41) is 0. The minimum absolute atomic E-state index is 0.277. The summed E-state index contributed by atoms with van der Waals surface area (Å²) in [5.41, 5.74) is 0.695. The first-order chi connectivity index (χ1) is 7.69. The number of fused-ring (bicyclic) bond motifs is 4. The van der Waals surface area contributed by atoms with Crippen LogP contribution in [0.3, 0.4) is 0 Å². The van der Waals surface area contributed by atoms with Crippen LogP contribution in [0.1, 0.15) is 48.0 Å². The SMILES string of the molecule is CC(C)(C)C1CC2COCC1CN2C(C)(C)C. The topological polar surface area (TPSA) is 12.5 Å². The summed E-state index contributed by atoms with van der Waals surface area (Å²) < 4.78 is 5.89. The molecule has 3 rings (SSSR count). The standard InChI is InChI=1S/C15H29NO/c1-14(2,3)13-7-12-10-17-9-11(13)8-16(12)15(4,5)6/h11-13H,7-10H2,1-6H3. The van der Waals surface area contributed by atoms with Crippen molar-refractivity contribution in [3.63, 3.8) is 0 Å². The Labute approximate surface area is 107 Å². The number of piperidine rings is 1. The normalized spacial score (nSPS) is 36.0. The van der Waals surface area contributed by atoms with Crippen molar-refractivity contribution >= 4 is 0 Å². The van der Waals surface area contributed by atoms with Crippen molar-refractivity contribution in [1.29, 1.82) is 0 Å². The van der Waals surface area contributed by atoms with Crippen molar-refractivity contribution in [2.24, 2.45) is 17.3 Å². The van der Waals surface area contributed by atoms with Crippen LogP contribution in [0.4, 0.5) is 0 Å². The van der Waals surface area contributed by atoms with E-state index >= 15 is 0 Å². The van der Waals surface area contributed by atoms with E-state index < -0.39 is 0 Å². The van der Waals surface area contributed by atoms with E-state index in [9.17, 15) is 0 Å². The quantitative estimate of drug-likeness (QED) is 0.644. The van der Waals surface area contributed by atoms with Crippen molar-refractivity contribution in [2.45, 2.75) is 59.5 Å². The van der Waals surface area contributed by atoms with Gasteiger partial charge in [-0.2, -0.15) is 0 Å². The summed E-state index contributed by atoms with van der Waals surface area (Å²) in [6.45, 7) is 17.3. The van der Waals surface area contributed by atoms with Crippen molar-refractivity contribution in [3.05, 3.63) is 0 Å². The second kappa shape index (κ2) is 4.24. The molecule has 0 aromatic rings. The smallest absolute Gasteiger partial charge is 0.0622 e. The van der Waals surface area contributed by atoms with E-state index in [0.29, 0.717) is 17.4 Å². The first-order valence-electron chi connectivity index (χ1n) is 7.04.